The summed E-state index contributed by atoms with van der Waals surface area (Å²) in [7, 11) is 0. The van der Waals surface area contributed by atoms with E-state index in [1.54, 1.807) is 0 Å². The number of carbonyl (C=O) groups is 1. The lowest BCUT2D eigenvalue weighted by Gasteiger charge is -2.38. The summed E-state index contributed by atoms with van der Waals surface area (Å²) in [6.45, 7) is 9.83. The molecule has 0 aromatic heterocycles. The van der Waals surface area contributed by atoms with Crippen LogP contribution in [0.4, 0.5) is 0 Å². The van der Waals surface area contributed by atoms with Crippen LogP contribution in [-0.4, -0.2) is 6.29 Å². The molecular weight excluding hydrogens is 184 g/mol. The molecule has 0 saturated carbocycles. The van der Waals surface area contributed by atoms with Gasteiger partial charge >= 0.3 is 0 Å². The predicted molar refractivity (Wildman–Crippen MR) is 63.8 cm³/mol. The van der Waals surface area contributed by atoms with Crippen molar-refractivity contribution >= 4 is 6.29 Å². The van der Waals surface area contributed by atoms with Gasteiger partial charge in [0, 0.05) is 0 Å². The molecule has 0 fully saturated rings. The summed E-state index contributed by atoms with van der Waals surface area (Å²) in [5.74, 6) is 0. The maximum absolute atomic E-state index is 11.4. The molecule has 1 aromatic carbocycles. The maximum Gasteiger partial charge on any atom is 0.131 e. The van der Waals surface area contributed by atoms with Crippen LogP contribution in [0.2, 0.25) is 0 Å². The van der Waals surface area contributed by atoms with Crippen molar-refractivity contribution in [2.45, 2.75) is 26.2 Å². The average Bonchev–Trinajstić information content (AvgIpc) is 2.29. The van der Waals surface area contributed by atoms with E-state index in [0.29, 0.717) is 0 Å². The van der Waals surface area contributed by atoms with Gasteiger partial charge in [0.05, 0.1) is 5.41 Å². The van der Waals surface area contributed by atoms with Crippen molar-refractivity contribution in [1.29, 1.82) is 0 Å². The van der Waals surface area contributed by atoms with E-state index in [1.165, 1.54) is 0 Å². The van der Waals surface area contributed by atoms with Gasteiger partial charge in [0.1, 0.15) is 6.29 Å². The van der Waals surface area contributed by atoms with Gasteiger partial charge in [-0.25, -0.2) is 0 Å². The summed E-state index contributed by atoms with van der Waals surface area (Å²) in [4.78, 5) is 11.4. The Labute approximate surface area is 91.8 Å². The first-order valence-corrected chi connectivity index (χ1v) is 5.13. The van der Waals surface area contributed by atoms with Crippen LogP contribution in [0.5, 0.6) is 0 Å². The van der Waals surface area contributed by atoms with Crippen LogP contribution < -0.4 is 0 Å². The molecule has 1 heteroatoms. The third-order valence-electron chi connectivity index (χ3n) is 3.46. The summed E-state index contributed by atoms with van der Waals surface area (Å²) in [5.41, 5.74) is 0.261. The molecule has 0 heterocycles. The molecule has 1 rings (SSSR count). The fraction of sp³-hybridized carbons (Fsp3) is 0.357. The van der Waals surface area contributed by atoms with Gasteiger partial charge in [-0.05, 0) is 17.9 Å². The number of hydrogen-bond donors (Lipinski definition) is 0. The smallest absolute Gasteiger partial charge is 0.131 e. The van der Waals surface area contributed by atoms with Crippen LogP contribution in [0.3, 0.4) is 0 Å². The SMILES string of the molecule is C=CC(C)(C)C(C)(C=O)c1ccccc1. The minimum absolute atomic E-state index is 0.254. The van der Waals surface area contributed by atoms with E-state index < -0.39 is 5.41 Å². The molecule has 1 nitrogen and oxygen atoms in total. The molecule has 1 aromatic rings. The number of hydrogen-bond acceptors (Lipinski definition) is 1. The molecule has 0 N–H and O–H groups in total. The summed E-state index contributed by atoms with van der Waals surface area (Å²) in [5, 5.41) is 0. The van der Waals surface area contributed by atoms with Crippen molar-refractivity contribution in [2.75, 3.05) is 0 Å². The Hall–Kier alpha value is -1.37. The molecule has 0 aliphatic heterocycles. The first kappa shape index (κ1) is 11.7. The highest BCUT2D eigenvalue weighted by atomic mass is 16.1. The number of allylic oxidation sites excluding steroid dienone is 1. The molecule has 80 valence electrons. The number of carbonyl (C=O) groups excluding carboxylic acids is 1. The summed E-state index contributed by atoms with van der Waals surface area (Å²) >= 11 is 0. The third-order valence-corrected chi connectivity index (χ3v) is 3.46. The van der Waals surface area contributed by atoms with Gasteiger partial charge in [0.2, 0.25) is 0 Å². The fourth-order valence-corrected chi connectivity index (χ4v) is 1.59. The number of aldehydes is 1. The van der Waals surface area contributed by atoms with Crippen molar-refractivity contribution in [3.63, 3.8) is 0 Å². The van der Waals surface area contributed by atoms with Gasteiger partial charge in [-0.2, -0.15) is 0 Å². The largest absolute Gasteiger partial charge is 0.302 e. The fourth-order valence-electron chi connectivity index (χ4n) is 1.59. The van der Waals surface area contributed by atoms with Crippen LogP contribution >= 0.6 is 0 Å². The van der Waals surface area contributed by atoms with Crippen LogP contribution in [0.15, 0.2) is 43.0 Å². The second-order valence-electron chi connectivity index (χ2n) is 4.61. The van der Waals surface area contributed by atoms with E-state index in [0.717, 1.165) is 11.8 Å². The van der Waals surface area contributed by atoms with E-state index in [2.05, 4.69) is 6.58 Å². The Morgan fingerprint density at radius 3 is 2.07 bits per heavy atom. The van der Waals surface area contributed by atoms with Crippen molar-refractivity contribution < 1.29 is 4.79 Å². The molecule has 0 spiro atoms. The van der Waals surface area contributed by atoms with Crippen molar-refractivity contribution in [3.05, 3.63) is 48.6 Å². The quantitative estimate of drug-likeness (QED) is 0.540. The standard InChI is InChI=1S/C14H18O/c1-5-13(2,3)14(4,11-15)12-9-7-6-8-10-12/h5-11H,1H2,2-4H3. The highest BCUT2D eigenvalue weighted by Gasteiger charge is 2.40. The number of rotatable bonds is 4. The lowest BCUT2D eigenvalue weighted by Crippen LogP contribution is -2.39. The van der Waals surface area contributed by atoms with E-state index in [9.17, 15) is 4.79 Å². The molecule has 0 radical (unpaired) electrons. The zero-order valence-electron chi connectivity index (χ0n) is 9.66. The Bertz CT molecular complexity index is 351. The molecule has 0 saturated heterocycles. The second kappa shape index (κ2) is 4.01. The monoisotopic (exact) mass is 202 g/mol. The third kappa shape index (κ3) is 1.87. The molecule has 1 unspecified atom stereocenters. The second-order valence-corrected chi connectivity index (χ2v) is 4.61. The molecule has 0 aliphatic rings. The van der Waals surface area contributed by atoms with Crippen molar-refractivity contribution in [2.24, 2.45) is 5.41 Å². The van der Waals surface area contributed by atoms with E-state index in [1.807, 2.05) is 57.2 Å². The molecule has 15 heavy (non-hydrogen) atoms. The Kier molecular flexibility index (Phi) is 3.13. The minimum Gasteiger partial charge on any atom is -0.302 e. The lowest BCUT2D eigenvalue weighted by molar-refractivity contribution is -0.114. The normalized spacial score (nSPS) is 15.4. The highest BCUT2D eigenvalue weighted by Crippen LogP contribution is 2.40. The summed E-state index contributed by atoms with van der Waals surface area (Å²) in [6.07, 6.45) is 2.86. The average molecular weight is 202 g/mol. The van der Waals surface area contributed by atoms with Crippen LogP contribution in [0.25, 0.3) is 0 Å². The van der Waals surface area contributed by atoms with Gasteiger partial charge in [0.15, 0.2) is 0 Å². The van der Waals surface area contributed by atoms with Gasteiger partial charge < -0.3 is 4.79 Å². The Morgan fingerprint density at radius 1 is 1.13 bits per heavy atom. The van der Waals surface area contributed by atoms with E-state index >= 15 is 0 Å². The summed E-state index contributed by atoms with van der Waals surface area (Å²) in [6, 6.07) is 9.83. The van der Waals surface area contributed by atoms with Gasteiger partial charge in [0.25, 0.3) is 0 Å². The van der Waals surface area contributed by atoms with Crippen molar-refractivity contribution in [3.8, 4) is 0 Å². The zero-order chi connectivity index (χ0) is 11.5. The Morgan fingerprint density at radius 2 is 1.67 bits per heavy atom. The highest BCUT2D eigenvalue weighted by molar-refractivity contribution is 5.70. The van der Waals surface area contributed by atoms with E-state index in [4.69, 9.17) is 0 Å². The lowest BCUT2D eigenvalue weighted by atomic mass is 9.64. The molecule has 0 amide bonds. The van der Waals surface area contributed by atoms with Crippen LogP contribution in [0, 0.1) is 5.41 Å². The molecular formula is C14H18O. The predicted octanol–water partition coefficient (Wildman–Crippen LogP) is 3.36. The van der Waals surface area contributed by atoms with Gasteiger partial charge in [-0.3, -0.25) is 0 Å². The topological polar surface area (TPSA) is 17.1 Å². The zero-order valence-corrected chi connectivity index (χ0v) is 9.66. The van der Waals surface area contributed by atoms with E-state index in [-0.39, 0.29) is 5.41 Å². The Balaban J connectivity index is 3.29. The molecule has 0 bridgehead atoms. The van der Waals surface area contributed by atoms with Crippen LogP contribution in [-0.2, 0) is 10.2 Å². The minimum atomic E-state index is -0.518. The van der Waals surface area contributed by atoms with Crippen LogP contribution in [0.1, 0.15) is 26.3 Å². The maximum atomic E-state index is 11.4. The molecule has 0 aliphatic carbocycles. The van der Waals surface area contributed by atoms with Gasteiger partial charge in [-0.1, -0.05) is 50.3 Å². The first-order valence-electron chi connectivity index (χ1n) is 5.13. The van der Waals surface area contributed by atoms with Gasteiger partial charge in [-0.15, -0.1) is 6.58 Å². The number of benzene rings is 1. The summed E-state index contributed by atoms with van der Waals surface area (Å²) < 4.78 is 0. The molecule has 1 atom stereocenters. The van der Waals surface area contributed by atoms with Crippen molar-refractivity contribution in [1.82, 2.24) is 0 Å². The first-order chi connectivity index (χ1) is 6.98.